The van der Waals surface area contributed by atoms with Crippen LogP contribution in [0.25, 0.3) is 11.4 Å². The smallest absolute Gasteiger partial charge is 0.251 e. The lowest BCUT2D eigenvalue weighted by Gasteiger charge is -2.30. The summed E-state index contributed by atoms with van der Waals surface area (Å²) in [5.41, 5.74) is 1.95. The molecule has 2 amide bonds. The van der Waals surface area contributed by atoms with Gasteiger partial charge in [-0.15, -0.1) is 10.2 Å². The molecule has 10 heteroatoms. The van der Waals surface area contributed by atoms with Gasteiger partial charge in [0.05, 0.1) is 12.8 Å². The van der Waals surface area contributed by atoms with Crippen LogP contribution < -0.4 is 15.0 Å². The Morgan fingerprint density at radius 2 is 1.86 bits per heavy atom. The second-order valence-electron chi connectivity index (χ2n) is 8.74. The first kappa shape index (κ1) is 25.8. The van der Waals surface area contributed by atoms with Crippen molar-refractivity contribution in [3.8, 4) is 17.1 Å². The van der Waals surface area contributed by atoms with E-state index in [0.717, 1.165) is 16.8 Å². The van der Waals surface area contributed by atoms with Gasteiger partial charge in [-0.3, -0.25) is 14.5 Å². The lowest BCUT2D eigenvalue weighted by molar-refractivity contribution is -0.126. The van der Waals surface area contributed by atoms with Gasteiger partial charge in [0.15, 0.2) is 0 Å². The molecule has 2 aromatic carbocycles. The van der Waals surface area contributed by atoms with E-state index in [-0.39, 0.29) is 24.1 Å². The molecule has 1 N–H and O–H groups in total. The molecule has 0 fully saturated rings. The van der Waals surface area contributed by atoms with Gasteiger partial charge < -0.3 is 10.1 Å². The summed E-state index contributed by atoms with van der Waals surface area (Å²) >= 11 is 0. The van der Waals surface area contributed by atoms with Gasteiger partial charge in [-0.2, -0.15) is 4.80 Å². The van der Waals surface area contributed by atoms with Crippen LogP contribution in [-0.4, -0.2) is 51.7 Å². The first-order chi connectivity index (χ1) is 16.7. The molecule has 0 saturated carbocycles. The highest BCUT2D eigenvalue weighted by molar-refractivity contribution is 6.01. The number of rotatable bonds is 10. The molecular formula is C25H31FN6O3. The number of nitrogens with one attached hydrogen (secondary N) is 1. The van der Waals surface area contributed by atoms with Crippen molar-refractivity contribution >= 4 is 17.5 Å². The van der Waals surface area contributed by atoms with E-state index in [1.165, 1.54) is 36.3 Å². The Morgan fingerprint density at radius 1 is 1.14 bits per heavy atom. The average molecular weight is 483 g/mol. The number of aryl methyl sites for hydroxylation is 1. The van der Waals surface area contributed by atoms with Crippen molar-refractivity contribution in [2.75, 3.05) is 18.6 Å². The van der Waals surface area contributed by atoms with Crippen LogP contribution in [0.5, 0.6) is 5.75 Å². The average Bonchev–Trinajstić information content (AvgIpc) is 3.27. The number of hydrogen-bond donors (Lipinski definition) is 1. The summed E-state index contributed by atoms with van der Waals surface area (Å²) in [6.45, 7) is 7.98. The molecular weight excluding hydrogens is 451 g/mol. The quantitative estimate of drug-likeness (QED) is 0.475. The number of methoxy groups -OCH3 is 1. The summed E-state index contributed by atoms with van der Waals surface area (Å²) in [5, 5.41) is 15.1. The first-order valence-corrected chi connectivity index (χ1v) is 11.5. The maximum Gasteiger partial charge on any atom is 0.251 e. The van der Waals surface area contributed by atoms with Gasteiger partial charge in [0.2, 0.25) is 11.7 Å². The molecule has 0 radical (unpaired) electrons. The third-order valence-corrected chi connectivity index (χ3v) is 5.48. The van der Waals surface area contributed by atoms with E-state index in [0.29, 0.717) is 29.5 Å². The molecule has 0 spiro atoms. The minimum atomic E-state index is -0.814. The highest BCUT2D eigenvalue weighted by Gasteiger charge is 2.30. The first-order valence-electron chi connectivity index (χ1n) is 11.5. The molecule has 0 unspecified atom stereocenters. The van der Waals surface area contributed by atoms with E-state index in [9.17, 15) is 14.0 Å². The van der Waals surface area contributed by atoms with Crippen LogP contribution in [0.3, 0.4) is 0 Å². The molecule has 186 valence electrons. The molecule has 3 aromatic rings. The number of carbonyl (C=O) groups excluding carboxylic acids is 2. The highest BCUT2D eigenvalue weighted by atomic mass is 19.1. The van der Waals surface area contributed by atoms with Crippen LogP contribution in [0.4, 0.5) is 10.1 Å². The number of halogens is 1. The molecule has 0 saturated heterocycles. The number of anilines is 1. The van der Waals surface area contributed by atoms with Crippen LogP contribution in [0.1, 0.15) is 32.8 Å². The second kappa shape index (κ2) is 11.5. The van der Waals surface area contributed by atoms with Crippen LogP contribution in [0.2, 0.25) is 0 Å². The van der Waals surface area contributed by atoms with E-state index in [1.807, 2.05) is 13.0 Å². The predicted octanol–water partition coefficient (Wildman–Crippen LogP) is 3.38. The second-order valence-corrected chi connectivity index (χ2v) is 8.74. The number of aromatic nitrogens is 4. The van der Waals surface area contributed by atoms with Gasteiger partial charge in [0, 0.05) is 12.1 Å². The molecule has 0 bridgehead atoms. The molecule has 1 heterocycles. The Hall–Kier alpha value is -3.82. The normalized spacial score (nSPS) is 11.9. The minimum absolute atomic E-state index is 0.255. The molecule has 1 aromatic heterocycles. The molecule has 35 heavy (non-hydrogen) atoms. The Morgan fingerprint density at radius 3 is 2.51 bits per heavy atom. The number of tetrazole rings is 1. The van der Waals surface area contributed by atoms with Crippen LogP contribution in [0, 0.1) is 18.7 Å². The van der Waals surface area contributed by atoms with Crippen LogP contribution >= 0.6 is 0 Å². The Balaban J connectivity index is 1.87. The maximum absolute atomic E-state index is 13.5. The monoisotopic (exact) mass is 482 g/mol. The Kier molecular flexibility index (Phi) is 8.51. The number of benzene rings is 2. The van der Waals surface area contributed by atoms with Gasteiger partial charge in [0.1, 0.15) is 24.2 Å². The Bertz CT molecular complexity index is 1160. The van der Waals surface area contributed by atoms with Crippen molar-refractivity contribution < 1.29 is 18.7 Å². The molecule has 9 nitrogen and oxygen atoms in total. The number of ether oxygens (including phenoxy) is 1. The zero-order valence-corrected chi connectivity index (χ0v) is 20.7. The van der Waals surface area contributed by atoms with Crippen molar-refractivity contribution in [2.45, 2.75) is 46.7 Å². The fourth-order valence-corrected chi connectivity index (χ4v) is 3.52. The standard InChI is InChI=1S/C25H31FN6O3/c1-16(2)12-13-27-25(34)18(4)32(21-14-17(3)6-11-22(21)35-5)23(33)15-31-29-24(28-30-31)19-7-9-20(26)10-8-19/h6-11,14,16,18H,12-13,15H2,1-5H3,(H,27,34)/t18-/m0/s1. The topological polar surface area (TPSA) is 102 Å². The Labute approximate surface area is 204 Å². The van der Waals surface area contributed by atoms with Crippen LogP contribution in [0.15, 0.2) is 42.5 Å². The van der Waals surface area contributed by atoms with Crippen LogP contribution in [-0.2, 0) is 16.1 Å². The third kappa shape index (κ3) is 6.62. The van der Waals surface area contributed by atoms with Crippen molar-refractivity contribution in [3.63, 3.8) is 0 Å². The summed E-state index contributed by atoms with van der Waals surface area (Å²) < 4.78 is 18.7. The SMILES string of the molecule is COc1ccc(C)cc1N(C(=O)Cn1nnc(-c2ccc(F)cc2)n1)[C@@H](C)C(=O)NCCC(C)C. The van der Waals surface area contributed by atoms with Gasteiger partial charge in [-0.25, -0.2) is 4.39 Å². The zero-order valence-electron chi connectivity index (χ0n) is 20.7. The number of carbonyl (C=O) groups is 2. The summed E-state index contributed by atoms with van der Waals surface area (Å²) in [5.74, 6) is 0.0968. The van der Waals surface area contributed by atoms with Gasteiger partial charge in [0.25, 0.3) is 5.91 Å². The number of amides is 2. The minimum Gasteiger partial charge on any atom is -0.495 e. The molecule has 0 aliphatic carbocycles. The zero-order chi connectivity index (χ0) is 25.5. The molecule has 0 aliphatic rings. The predicted molar refractivity (Wildman–Crippen MR) is 130 cm³/mol. The van der Waals surface area contributed by atoms with Crippen molar-refractivity contribution in [1.29, 1.82) is 0 Å². The summed E-state index contributed by atoms with van der Waals surface area (Å²) in [6, 6.07) is 10.3. The third-order valence-electron chi connectivity index (χ3n) is 5.48. The number of hydrogen-bond acceptors (Lipinski definition) is 6. The largest absolute Gasteiger partial charge is 0.495 e. The maximum atomic E-state index is 13.5. The number of nitrogens with zero attached hydrogens (tertiary/aromatic N) is 5. The lowest BCUT2D eigenvalue weighted by Crippen LogP contribution is -2.49. The fraction of sp³-hybridized carbons (Fsp3) is 0.400. The van der Waals surface area contributed by atoms with Crippen molar-refractivity contribution in [2.24, 2.45) is 5.92 Å². The van der Waals surface area contributed by atoms with Crippen molar-refractivity contribution in [3.05, 3.63) is 53.8 Å². The van der Waals surface area contributed by atoms with Gasteiger partial charge >= 0.3 is 0 Å². The molecule has 3 rings (SSSR count). The van der Waals surface area contributed by atoms with E-state index in [2.05, 4.69) is 34.6 Å². The van der Waals surface area contributed by atoms with E-state index >= 15 is 0 Å². The van der Waals surface area contributed by atoms with Gasteiger partial charge in [-0.05, 0) is 73.4 Å². The fourth-order valence-electron chi connectivity index (χ4n) is 3.52. The summed E-state index contributed by atoms with van der Waals surface area (Å²) in [6.07, 6.45) is 0.829. The molecule has 0 aliphatic heterocycles. The summed E-state index contributed by atoms with van der Waals surface area (Å²) in [7, 11) is 1.51. The lowest BCUT2D eigenvalue weighted by atomic mass is 10.1. The summed E-state index contributed by atoms with van der Waals surface area (Å²) in [4.78, 5) is 29.0. The van der Waals surface area contributed by atoms with E-state index < -0.39 is 11.9 Å². The van der Waals surface area contributed by atoms with Crippen molar-refractivity contribution in [1.82, 2.24) is 25.5 Å². The molecule has 1 atom stereocenters. The van der Waals surface area contributed by atoms with Gasteiger partial charge in [-0.1, -0.05) is 19.9 Å². The highest BCUT2D eigenvalue weighted by Crippen LogP contribution is 2.31. The van der Waals surface area contributed by atoms with E-state index in [4.69, 9.17) is 4.74 Å². The van der Waals surface area contributed by atoms with E-state index in [1.54, 1.807) is 19.1 Å².